The SMILES string of the molecule is CCc1nc(NC/C=C/c2ccccc2)c2cc(C)sc2n1. The summed E-state index contributed by atoms with van der Waals surface area (Å²) in [6, 6.07) is 12.5. The first-order valence-corrected chi connectivity index (χ1v) is 8.30. The largest absolute Gasteiger partial charge is 0.366 e. The minimum Gasteiger partial charge on any atom is -0.366 e. The third kappa shape index (κ3) is 3.34. The molecule has 0 unspecified atom stereocenters. The molecular formula is C18H19N3S. The monoisotopic (exact) mass is 309 g/mol. The molecule has 3 rings (SSSR count). The van der Waals surface area contributed by atoms with Crippen molar-refractivity contribution in [2.75, 3.05) is 11.9 Å². The van der Waals surface area contributed by atoms with Crippen LogP contribution in [0.4, 0.5) is 5.82 Å². The number of aromatic nitrogens is 2. The maximum atomic E-state index is 4.63. The number of rotatable bonds is 5. The molecule has 1 N–H and O–H groups in total. The number of nitrogens with zero attached hydrogens (tertiary/aromatic N) is 2. The van der Waals surface area contributed by atoms with Crippen molar-refractivity contribution in [2.45, 2.75) is 20.3 Å². The quantitative estimate of drug-likeness (QED) is 0.743. The van der Waals surface area contributed by atoms with E-state index in [0.29, 0.717) is 0 Å². The highest BCUT2D eigenvalue weighted by molar-refractivity contribution is 7.18. The van der Waals surface area contributed by atoms with E-state index in [4.69, 9.17) is 0 Å². The molecule has 0 radical (unpaired) electrons. The molecule has 0 saturated carbocycles. The zero-order valence-electron chi connectivity index (χ0n) is 12.8. The summed E-state index contributed by atoms with van der Waals surface area (Å²) in [5.41, 5.74) is 1.21. The smallest absolute Gasteiger partial charge is 0.138 e. The Bertz CT molecular complexity index is 791. The van der Waals surface area contributed by atoms with Gasteiger partial charge in [-0.25, -0.2) is 9.97 Å². The first-order valence-electron chi connectivity index (χ1n) is 7.49. The Kier molecular flexibility index (Phi) is 4.49. The summed E-state index contributed by atoms with van der Waals surface area (Å²) in [7, 11) is 0. The molecule has 0 aliphatic rings. The second-order valence-corrected chi connectivity index (χ2v) is 6.35. The van der Waals surface area contributed by atoms with Crippen molar-refractivity contribution >= 4 is 33.4 Å². The van der Waals surface area contributed by atoms with Crippen molar-refractivity contribution in [1.29, 1.82) is 0 Å². The van der Waals surface area contributed by atoms with Gasteiger partial charge in [-0.3, -0.25) is 0 Å². The number of aryl methyl sites for hydroxylation is 2. The van der Waals surface area contributed by atoms with Gasteiger partial charge in [0.1, 0.15) is 16.5 Å². The van der Waals surface area contributed by atoms with Crippen LogP contribution >= 0.6 is 11.3 Å². The Labute approximate surface area is 134 Å². The molecule has 3 nitrogen and oxygen atoms in total. The van der Waals surface area contributed by atoms with Gasteiger partial charge in [0.15, 0.2) is 0 Å². The minimum absolute atomic E-state index is 0.749. The van der Waals surface area contributed by atoms with Crippen LogP contribution in [0.2, 0.25) is 0 Å². The van der Waals surface area contributed by atoms with Crippen molar-refractivity contribution in [3.63, 3.8) is 0 Å². The van der Waals surface area contributed by atoms with E-state index in [2.05, 4.69) is 59.5 Å². The number of hydrogen-bond acceptors (Lipinski definition) is 4. The Morgan fingerprint density at radius 1 is 1.18 bits per heavy atom. The number of hydrogen-bond donors (Lipinski definition) is 1. The molecule has 2 heterocycles. The molecule has 0 bridgehead atoms. The fraction of sp³-hybridized carbons (Fsp3) is 0.222. The number of benzene rings is 1. The van der Waals surface area contributed by atoms with Crippen LogP contribution in [0.25, 0.3) is 16.3 Å². The summed E-state index contributed by atoms with van der Waals surface area (Å²) in [5, 5.41) is 4.53. The Morgan fingerprint density at radius 3 is 2.77 bits per heavy atom. The summed E-state index contributed by atoms with van der Waals surface area (Å²) in [5.74, 6) is 1.83. The van der Waals surface area contributed by atoms with Crippen molar-refractivity contribution in [1.82, 2.24) is 9.97 Å². The van der Waals surface area contributed by atoms with Crippen LogP contribution in [0, 0.1) is 6.92 Å². The van der Waals surface area contributed by atoms with Crippen LogP contribution < -0.4 is 5.32 Å². The summed E-state index contributed by atoms with van der Waals surface area (Å²) >= 11 is 1.72. The number of anilines is 1. The van der Waals surface area contributed by atoms with Gasteiger partial charge in [-0.15, -0.1) is 11.3 Å². The van der Waals surface area contributed by atoms with Crippen LogP contribution in [0.1, 0.15) is 23.2 Å². The van der Waals surface area contributed by atoms with E-state index >= 15 is 0 Å². The standard InChI is InChI=1S/C18H19N3S/c1-3-16-20-17(15-12-13(2)22-18(15)21-16)19-11-7-10-14-8-5-4-6-9-14/h4-10,12H,3,11H2,1-2H3,(H,19,20,21)/b10-7+. The van der Waals surface area contributed by atoms with Gasteiger partial charge in [-0.05, 0) is 18.6 Å². The summed E-state index contributed by atoms with van der Waals surface area (Å²) in [4.78, 5) is 11.6. The molecule has 0 atom stereocenters. The highest BCUT2D eigenvalue weighted by Gasteiger charge is 2.08. The first kappa shape index (κ1) is 14.7. The lowest BCUT2D eigenvalue weighted by Gasteiger charge is -2.06. The van der Waals surface area contributed by atoms with E-state index in [1.165, 1.54) is 10.4 Å². The average molecular weight is 309 g/mol. The van der Waals surface area contributed by atoms with Crippen LogP contribution in [0.5, 0.6) is 0 Å². The highest BCUT2D eigenvalue weighted by Crippen LogP contribution is 2.28. The van der Waals surface area contributed by atoms with Gasteiger partial charge in [0.2, 0.25) is 0 Å². The second kappa shape index (κ2) is 6.71. The van der Waals surface area contributed by atoms with Gasteiger partial charge < -0.3 is 5.32 Å². The van der Waals surface area contributed by atoms with E-state index < -0.39 is 0 Å². The van der Waals surface area contributed by atoms with Gasteiger partial charge in [0, 0.05) is 17.8 Å². The van der Waals surface area contributed by atoms with Gasteiger partial charge >= 0.3 is 0 Å². The molecule has 0 amide bonds. The minimum atomic E-state index is 0.749. The Morgan fingerprint density at radius 2 is 2.00 bits per heavy atom. The molecular weight excluding hydrogens is 290 g/mol. The van der Waals surface area contributed by atoms with Crippen LogP contribution in [0.15, 0.2) is 42.5 Å². The molecule has 0 aliphatic heterocycles. The summed E-state index contributed by atoms with van der Waals surface area (Å²) in [6.45, 7) is 4.94. The summed E-state index contributed by atoms with van der Waals surface area (Å²) in [6.07, 6.45) is 5.08. The second-order valence-electron chi connectivity index (χ2n) is 5.11. The zero-order chi connectivity index (χ0) is 15.4. The first-order chi connectivity index (χ1) is 10.8. The van der Waals surface area contributed by atoms with Crippen molar-refractivity contribution in [2.24, 2.45) is 0 Å². The molecule has 0 saturated heterocycles. The third-order valence-electron chi connectivity index (χ3n) is 3.38. The molecule has 4 heteroatoms. The lowest BCUT2D eigenvalue weighted by Crippen LogP contribution is -2.04. The summed E-state index contributed by atoms with van der Waals surface area (Å²) < 4.78 is 0. The van der Waals surface area contributed by atoms with Gasteiger partial charge in [0.25, 0.3) is 0 Å². The van der Waals surface area contributed by atoms with E-state index in [1.54, 1.807) is 11.3 Å². The Hall–Kier alpha value is -2.20. The molecule has 0 spiro atoms. The van der Waals surface area contributed by atoms with Crippen molar-refractivity contribution in [3.8, 4) is 0 Å². The molecule has 0 fully saturated rings. The van der Waals surface area contributed by atoms with Crippen molar-refractivity contribution in [3.05, 3.63) is 58.7 Å². The predicted molar refractivity (Wildman–Crippen MR) is 95.5 cm³/mol. The number of thiophene rings is 1. The van der Waals surface area contributed by atoms with Gasteiger partial charge in [-0.2, -0.15) is 0 Å². The fourth-order valence-electron chi connectivity index (χ4n) is 2.29. The lowest BCUT2D eigenvalue weighted by atomic mass is 10.2. The number of nitrogens with one attached hydrogen (secondary N) is 1. The lowest BCUT2D eigenvalue weighted by molar-refractivity contribution is 0.963. The van der Waals surface area contributed by atoms with E-state index in [-0.39, 0.29) is 0 Å². The molecule has 0 aliphatic carbocycles. The average Bonchev–Trinajstić information content (AvgIpc) is 2.92. The molecule has 3 aromatic rings. The van der Waals surface area contributed by atoms with E-state index in [9.17, 15) is 0 Å². The Balaban J connectivity index is 1.77. The molecule has 112 valence electrons. The van der Waals surface area contributed by atoms with Crippen LogP contribution in [-0.2, 0) is 6.42 Å². The molecule has 1 aromatic carbocycles. The van der Waals surface area contributed by atoms with E-state index in [1.807, 2.05) is 18.2 Å². The van der Waals surface area contributed by atoms with Crippen LogP contribution in [-0.4, -0.2) is 16.5 Å². The van der Waals surface area contributed by atoms with Crippen LogP contribution in [0.3, 0.4) is 0 Å². The maximum Gasteiger partial charge on any atom is 0.138 e. The molecule has 22 heavy (non-hydrogen) atoms. The third-order valence-corrected chi connectivity index (χ3v) is 4.32. The fourth-order valence-corrected chi connectivity index (χ4v) is 3.19. The number of fused-ring (bicyclic) bond motifs is 1. The normalized spacial score (nSPS) is 11.4. The topological polar surface area (TPSA) is 37.8 Å². The van der Waals surface area contributed by atoms with Gasteiger partial charge in [0.05, 0.1) is 5.39 Å². The zero-order valence-corrected chi connectivity index (χ0v) is 13.7. The maximum absolute atomic E-state index is 4.63. The van der Waals surface area contributed by atoms with Gasteiger partial charge in [-0.1, -0.05) is 49.4 Å². The predicted octanol–water partition coefficient (Wildman–Crippen LogP) is 4.69. The highest BCUT2D eigenvalue weighted by atomic mass is 32.1. The van der Waals surface area contributed by atoms with E-state index in [0.717, 1.165) is 34.8 Å². The molecule has 2 aromatic heterocycles. The van der Waals surface area contributed by atoms with Crippen molar-refractivity contribution < 1.29 is 0 Å².